The van der Waals surface area contributed by atoms with Gasteiger partial charge in [-0.2, -0.15) is 0 Å². The number of thiocarbonyl (C=S) groups is 1. The number of carbonyl (C=O) groups excluding carboxylic acids is 2. The Morgan fingerprint density at radius 3 is 2.31 bits per heavy atom. The van der Waals surface area contributed by atoms with Crippen LogP contribution in [0.15, 0.2) is 47.4 Å². The number of nitrogens with zero attached hydrogens (tertiary/aromatic N) is 1. The second-order valence-corrected chi connectivity index (χ2v) is 12.6. The van der Waals surface area contributed by atoms with Crippen molar-refractivity contribution >= 4 is 63.5 Å². The topological polar surface area (TPSA) is 55.8 Å². The van der Waals surface area contributed by atoms with E-state index in [2.05, 4.69) is 0 Å². The van der Waals surface area contributed by atoms with Gasteiger partial charge in [0.25, 0.3) is 5.91 Å². The summed E-state index contributed by atoms with van der Waals surface area (Å²) in [6.45, 7) is 0. The van der Waals surface area contributed by atoms with E-state index >= 15 is 0 Å². The van der Waals surface area contributed by atoms with E-state index in [0.29, 0.717) is 49.2 Å². The van der Waals surface area contributed by atoms with Crippen molar-refractivity contribution in [3.63, 3.8) is 0 Å². The van der Waals surface area contributed by atoms with Gasteiger partial charge in [0.1, 0.15) is 0 Å². The van der Waals surface area contributed by atoms with Gasteiger partial charge >= 0.3 is 5.97 Å². The minimum Gasteiger partial charge on any atom is -0.493 e. The van der Waals surface area contributed by atoms with Crippen LogP contribution >= 0.6 is 35.6 Å². The van der Waals surface area contributed by atoms with E-state index in [0.717, 1.165) is 24.8 Å². The summed E-state index contributed by atoms with van der Waals surface area (Å²) in [4.78, 5) is 28.5. The molecule has 0 aromatic heterocycles. The fourth-order valence-electron chi connectivity index (χ4n) is 6.86. The van der Waals surface area contributed by atoms with Crippen LogP contribution in [0.5, 0.6) is 11.5 Å². The molecule has 0 radical (unpaired) electrons. The molecule has 5 nitrogen and oxygen atoms in total. The molecular weight excluding hydrogens is 514 g/mol. The van der Waals surface area contributed by atoms with Crippen LogP contribution in [0.4, 0.5) is 5.69 Å². The molecule has 1 aliphatic heterocycles. The molecule has 0 unspecified atom stereocenters. The van der Waals surface area contributed by atoms with E-state index in [1.165, 1.54) is 35.9 Å². The first kappa shape index (κ1) is 24.0. The fraction of sp³-hybridized carbons (Fsp3) is 0.393. The highest BCUT2D eigenvalue weighted by Gasteiger charge is 2.55. The summed E-state index contributed by atoms with van der Waals surface area (Å²) in [5.74, 6) is 2.58. The summed E-state index contributed by atoms with van der Waals surface area (Å²) >= 11 is 12.7. The smallest absolute Gasteiger partial charge is 0.317 e. The molecule has 2 aromatic carbocycles. The number of hydrogen-bond acceptors (Lipinski definition) is 6. The van der Waals surface area contributed by atoms with Crippen LogP contribution in [0.2, 0.25) is 5.02 Å². The van der Waals surface area contributed by atoms with Gasteiger partial charge in [-0.3, -0.25) is 14.5 Å². The molecule has 4 bridgehead atoms. The number of carbonyl (C=O) groups is 2. The maximum Gasteiger partial charge on any atom is 0.317 e. The van der Waals surface area contributed by atoms with Crippen LogP contribution in [-0.2, 0) is 9.59 Å². The molecule has 8 heteroatoms. The third-order valence-corrected chi connectivity index (χ3v) is 9.59. The lowest BCUT2D eigenvalue weighted by molar-refractivity contribution is -0.161. The number of halogens is 1. The SMILES string of the molecule is COc1cc(/C=C2/SC(=S)N(c3ccc(Cl)cc3)C2=O)ccc1OC(=O)C12CC3CC(CC(C3)C1)C2. The number of hydrogen-bond donors (Lipinski definition) is 0. The zero-order valence-electron chi connectivity index (χ0n) is 19.9. The zero-order valence-corrected chi connectivity index (χ0v) is 22.3. The minimum atomic E-state index is -0.339. The lowest BCUT2D eigenvalue weighted by atomic mass is 9.49. The first-order valence-electron chi connectivity index (χ1n) is 12.3. The molecule has 0 atom stereocenters. The minimum absolute atomic E-state index is 0.114. The molecule has 2 aromatic rings. The molecule has 4 saturated carbocycles. The zero-order chi connectivity index (χ0) is 25.0. The molecule has 0 N–H and O–H groups in total. The molecule has 4 aliphatic carbocycles. The quantitative estimate of drug-likeness (QED) is 0.179. The van der Waals surface area contributed by atoms with Gasteiger partial charge in [-0.25, -0.2) is 0 Å². The van der Waals surface area contributed by atoms with Crippen molar-refractivity contribution in [2.24, 2.45) is 23.2 Å². The van der Waals surface area contributed by atoms with Crippen molar-refractivity contribution in [2.75, 3.05) is 12.0 Å². The van der Waals surface area contributed by atoms with Crippen LogP contribution in [0, 0.1) is 23.2 Å². The summed E-state index contributed by atoms with van der Waals surface area (Å²) in [6.07, 6.45) is 8.45. The number of thioether (sulfide) groups is 1. The summed E-state index contributed by atoms with van der Waals surface area (Å²) in [7, 11) is 1.56. The second kappa shape index (κ2) is 9.19. The largest absolute Gasteiger partial charge is 0.493 e. The van der Waals surface area contributed by atoms with Crippen LogP contribution in [0.25, 0.3) is 6.08 Å². The second-order valence-electron chi connectivity index (χ2n) is 10.5. The monoisotopic (exact) mass is 539 g/mol. The Hall–Kier alpha value is -2.35. The molecule has 5 aliphatic rings. The van der Waals surface area contributed by atoms with Gasteiger partial charge in [-0.15, -0.1) is 0 Å². The highest BCUT2D eigenvalue weighted by molar-refractivity contribution is 8.27. The van der Waals surface area contributed by atoms with Crippen molar-refractivity contribution in [1.82, 2.24) is 0 Å². The van der Waals surface area contributed by atoms with E-state index < -0.39 is 0 Å². The van der Waals surface area contributed by atoms with Crippen molar-refractivity contribution in [1.29, 1.82) is 0 Å². The first-order chi connectivity index (χ1) is 17.3. The molecule has 1 amide bonds. The van der Waals surface area contributed by atoms with Crippen molar-refractivity contribution < 1.29 is 19.1 Å². The number of anilines is 1. The summed E-state index contributed by atoms with van der Waals surface area (Å²) in [5, 5.41) is 0.593. The Morgan fingerprint density at radius 2 is 1.69 bits per heavy atom. The Balaban J connectivity index is 1.21. The molecule has 5 fully saturated rings. The van der Waals surface area contributed by atoms with Crippen molar-refractivity contribution in [2.45, 2.75) is 38.5 Å². The standard InChI is InChI=1S/C28H26ClNO4S2/c1-33-23-11-16(12-24-25(31)30(27(35)36-24)21-5-3-20(29)4-6-21)2-7-22(23)34-26(32)28-13-17-8-18(14-28)10-19(9-17)15-28/h2-7,11-12,17-19H,8-10,13-15H2,1H3/b24-12+. The van der Waals surface area contributed by atoms with E-state index in [4.69, 9.17) is 33.3 Å². The lowest BCUT2D eigenvalue weighted by Gasteiger charge is -2.55. The third kappa shape index (κ3) is 4.25. The Morgan fingerprint density at radius 1 is 1.06 bits per heavy atom. The number of ether oxygens (including phenoxy) is 2. The number of esters is 1. The van der Waals surface area contributed by atoms with Crippen LogP contribution in [0.3, 0.4) is 0 Å². The maximum absolute atomic E-state index is 13.4. The van der Waals surface area contributed by atoms with Gasteiger partial charge in [0, 0.05) is 5.02 Å². The van der Waals surface area contributed by atoms with Gasteiger partial charge in [0.05, 0.1) is 23.1 Å². The molecule has 186 valence electrons. The summed E-state index contributed by atoms with van der Waals surface area (Å²) in [5.41, 5.74) is 1.10. The Kier molecular flexibility index (Phi) is 6.13. The van der Waals surface area contributed by atoms with Gasteiger partial charge < -0.3 is 9.47 Å². The average Bonchev–Trinajstić information content (AvgIpc) is 3.12. The molecule has 1 heterocycles. The highest BCUT2D eigenvalue weighted by Crippen LogP contribution is 2.60. The number of amides is 1. The van der Waals surface area contributed by atoms with Crippen LogP contribution < -0.4 is 14.4 Å². The average molecular weight is 540 g/mol. The molecule has 7 rings (SSSR count). The highest BCUT2D eigenvalue weighted by atomic mass is 35.5. The van der Waals surface area contributed by atoms with Gasteiger partial charge in [-0.05, 0) is 104 Å². The molecule has 1 saturated heterocycles. The predicted octanol–water partition coefficient (Wildman–Crippen LogP) is 6.88. The third-order valence-electron chi connectivity index (χ3n) is 8.04. The fourth-order valence-corrected chi connectivity index (χ4v) is 8.28. The molecule has 36 heavy (non-hydrogen) atoms. The van der Waals surface area contributed by atoms with Crippen molar-refractivity contribution in [3.8, 4) is 11.5 Å². The first-order valence-corrected chi connectivity index (χ1v) is 13.9. The van der Waals surface area contributed by atoms with E-state index in [9.17, 15) is 9.59 Å². The van der Waals surface area contributed by atoms with Gasteiger partial charge in [0.2, 0.25) is 0 Å². The van der Waals surface area contributed by atoms with E-state index in [1.54, 1.807) is 49.6 Å². The van der Waals surface area contributed by atoms with E-state index in [-0.39, 0.29) is 17.3 Å². The lowest BCUT2D eigenvalue weighted by Crippen LogP contribution is -2.51. The van der Waals surface area contributed by atoms with Gasteiger partial charge in [0.15, 0.2) is 15.8 Å². The number of methoxy groups -OCH3 is 1. The van der Waals surface area contributed by atoms with E-state index in [1.807, 2.05) is 6.07 Å². The van der Waals surface area contributed by atoms with Crippen LogP contribution in [-0.4, -0.2) is 23.3 Å². The Bertz CT molecular complexity index is 1250. The summed E-state index contributed by atoms with van der Waals surface area (Å²) in [6, 6.07) is 12.4. The molecule has 0 spiro atoms. The number of rotatable bonds is 5. The summed E-state index contributed by atoms with van der Waals surface area (Å²) < 4.78 is 12.0. The van der Waals surface area contributed by atoms with Crippen LogP contribution in [0.1, 0.15) is 44.1 Å². The maximum atomic E-state index is 13.4. The van der Waals surface area contributed by atoms with Gasteiger partial charge in [-0.1, -0.05) is 41.6 Å². The normalized spacial score (nSPS) is 29.8. The number of benzene rings is 2. The Labute approximate surface area is 225 Å². The van der Waals surface area contributed by atoms with Crippen molar-refractivity contribution in [3.05, 3.63) is 58.0 Å². The predicted molar refractivity (Wildman–Crippen MR) is 146 cm³/mol. The molecular formula is C28H26ClNO4S2.